The fraction of sp³-hybridized carbons (Fsp3) is 0.471. The molecule has 4 heteroatoms. The summed E-state index contributed by atoms with van der Waals surface area (Å²) in [4.78, 5) is 13.8. The second-order valence-electron chi connectivity index (χ2n) is 5.63. The normalized spacial score (nSPS) is 16.7. The third-order valence-electron chi connectivity index (χ3n) is 3.42. The molecule has 1 saturated heterocycles. The van der Waals surface area contributed by atoms with E-state index in [1.165, 1.54) is 0 Å². The fourth-order valence-electron chi connectivity index (χ4n) is 2.32. The zero-order chi connectivity index (χ0) is 15.2. The summed E-state index contributed by atoms with van der Waals surface area (Å²) in [6.45, 7) is 5.22. The van der Waals surface area contributed by atoms with Crippen molar-refractivity contribution in [2.75, 3.05) is 13.1 Å². The van der Waals surface area contributed by atoms with Crippen LogP contribution in [0.25, 0.3) is 6.08 Å². The summed E-state index contributed by atoms with van der Waals surface area (Å²) >= 11 is 0. The van der Waals surface area contributed by atoms with Gasteiger partial charge in [-0.1, -0.05) is 12.1 Å². The quantitative estimate of drug-likeness (QED) is 0.866. The summed E-state index contributed by atoms with van der Waals surface area (Å²) in [5.41, 5.74) is 0.943. The molecule has 1 heterocycles. The van der Waals surface area contributed by atoms with Crippen molar-refractivity contribution in [1.82, 2.24) is 4.90 Å². The van der Waals surface area contributed by atoms with Crippen molar-refractivity contribution in [3.05, 3.63) is 35.9 Å². The molecule has 0 saturated carbocycles. The Morgan fingerprint density at radius 1 is 1.38 bits per heavy atom. The molecule has 1 aromatic rings. The Labute approximate surface area is 126 Å². The molecule has 21 heavy (non-hydrogen) atoms. The molecule has 0 radical (unpaired) electrons. The molecule has 0 aliphatic carbocycles. The first kappa shape index (κ1) is 15.6. The number of ether oxygens (including phenoxy) is 1. The Balaban J connectivity index is 1.95. The molecule has 1 N–H and O–H groups in total. The highest BCUT2D eigenvalue weighted by atomic mass is 16.5. The Kier molecular flexibility index (Phi) is 5.39. The molecule has 1 amide bonds. The van der Waals surface area contributed by atoms with Crippen LogP contribution in [0.5, 0.6) is 5.75 Å². The molecule has 0 spiro atoms. The zero-order valence-electron chi connectivity index (χ0n) is 12.7. The number of likely N-dealkylation sites (tertiary alicyclic amines) is 1. The van der Waals surface area contributed by atoms with Gasteiger partial charge in [0, 0.05) is 19.2 Å². The molecule has 0 aromatic heterocycles. The van der Waals surface area contributed by atoms with Crippen LogP contribution >= 0.6 is 0 Å². The van der Waals surface area contributed by atoms with Gasteiger partial charge in [0.2, 0.25) is 5.91 Å². The van der Waals surface area contributed by atoms with Gasteiger partial charge in [-0.2, -0.15) is 0 Å². The van der Waals surface area contributed by atoms with Gasteiger partial charge in [0.15, 0.2) is 0 Å². The van der Waals surface area contributed by atoms with Crippen LogP contribution < -0.4 is 4.74 Å². The van der Waals surface area contributed by atoms with Crippen molar-refractivity contribution < 1.29 is 14.6 Å². The Morgan fingerprint density at radius 2 is 2.10 bits per heavy atom. The lowest BCUT2D eigenvalue weighted by Crippen LogP contribution is -2.39. The number of hydrogen-bond acceptors (Lipinski definition) is 3. The van der Waals surface area contributed by atoms with Gasteiger partial charge in [0.05, 0.1) is 12.2 Å². The van der Waals surface area contributed by atoms with Crippen LogP contribution in [0.1, 0.15) is 32.3 Å². The predicted molar refractivity (Wildman–Crippen MR) is 83.1 cm³/mol. The fourth-order valence-corrected chi connectivity index (χ4v) is 2.32. The Hall–Kier alpha value is -1.81. The minimum Gasteiger partial charge on any atom is -0.491 e. The van der Waals surface area contributed by atoms with Crippen LogP contribution in [0.2, 0.25) is 0 Å². The molecular weight excluding hydrogens is 266 g/mol. The summed E-state index contributed by atoms with van der Waals surface area (Å²) in [6, 6.07) is 7.69. The van der Waals surface area contributed by atoms with Crippen molar-refractivity contribution in [3.63, 3.8) is 0 Å². The van der Waals surface area contributed by atoms with Gasteiger partial charge in [0.25, 0.3) is 0 Å². The van der Waals surface area contributed by atoms with Crippen LogP contribution in [0.4, 0.5) is 0 Å². The smallest absolute Gasteiger partial charge is 0.246 e. The summed E-state index contributed by atoms with van der Waals surface area (Å²) < 4.78 is 5.63. The van der Waals surface area contributed by atoms with Gasteiger partial charge in [0.1, 0.15) is 5.75 Å². The van der Waals surface area contributed by atoms with Crippen molar-refractivity contribution in [2.24, 2.45) is 0 Å². The molecule has 4 nitrogen and oxygen atoms in total. The van der Waals surface area contributed by atoms with E-state index in [1.54, 1.807) is 17.1 Å². The number of piperidine rings is 1. The maximum absolute atomic E-state index is 12.1. The van der Waals surface area contributed by atoms with Crippen molar-refractivity contribution in [3.8, 4) is 5.75 Å². The van der Waals surface area contributed by atoms with Crippen LogP contribution in [-0.4, -0.2) is 41.2 Å². The number of aliphatic hydroxyl groups excluding tert-OH is 1. The second kappa shape index (κ2) is 7.27. The molecular formula is C17H23NO3. The summed E-state index contributed by atoms with van der Waals surface area (Å²) in [5, 5.41) is 9.45. The SMILES string of the molecule is CC(C)Oc1cccc(C=CC(=O)N2CCC(O)CC2)c1. The van der Waals surface area contributed by atoms with Gasteiger partial charge in [-0.15, -0.1) is 0 Å². The van der Waals surface area contributed by atoms with E-state index < -0.39 is 0 Å². The minimum atomic E-state index is -0.261. The van der Waals surface area contributed by atoms with E-state index in [4.69, 9.17) is 4.74 Å². The number of hydrogen-bond donors (Lipinski definition) is 1. The van der Waals surface area contributed by atoms with Gasteiger partial charge >= 0.3 is 0 Å². The molecule has 1 fully saturated rings. The molecule has 114 valence electrons. The third kappa shape index (κ3) is 4.90. The first-order valence-corrected chi connectivity index (χ1v) is 7.46. The predicted octanol–water partition coefficient (Wildman–Crippen LogP) is 2.47. The Bertz CT molecular complexity index is 503. The number of aliphatic hydroxyl groups is 1. The van der Waals surface area contributed by atoms with E-state index in [1.807, 2.05) is 38.1 Å². The largest absolute Gasteiger partial charge is 0.491 e. The summed E-state index contributed by atoms with van der Waals surface area (Å²) in [6.07, 6.45) is 4.59. The molecule has 1 aliphatic heterocycles. The third-order valence-corrected chi connectivity index (χ3v) is 3.42. The molecule has 0 atom stereocenters. The standard InChI is InChI=1S/C17H23NO3/c1-13(2)21-16-5-3-4-14(12-16)6-7-17(20)18-10-8-15(19)9-11-18/h3-7,12-13,15,19H,8-11H2,1-2H3. The van der Waals surface area contributed by atoms with Gasteiger partial charge in [-0.3, -0.25) is 4.79 Å². The molecule has 1 aromatic carbocycles. The summed E-state index contributed by atoms with van der Waals surface area (Å²) in [7, 11) is 0. The van der Waals surface area contributed by atoms with E-state index >= 15 is 0 Å². The topological polar surface area (TPSA) is 49.8 Å². The highest BCUT2D eigenvalue weighted by Crippen LogP contribution is 2.16. The number of rotatable bonds is 4. The molecule has 0 unspecified atom stereocenters. The van der Waals surface area contributed by atoms with Gasteiger partial charge < -0.3 is 14.7 Å². The molecule has 1 aliphatic rings. The number of amides is 1. The zero-order valence-corrected chi connectivity index (χ0v) is 12.7. The molecule has 2 rings (SSSR count). The van der Waals surface area contributed by atoms with Crippen molar-refractivity contribution >= 4 is 12.0 Å². The van der Waals surface area contributed by atoms with Crippen LogP contribution in [0.3, 0.4) is 0 Å². The van der Waals surface area contributed by atoms with Crippen molar-refractivity contribution in [1.29, 1.82) is 0 Å². The van der Waals surface area contributed by atoms with Gasteiger partial charge in [-0.25, -0.2) is 0 Å². The van der Waals surface area contributed by atoms with E-state index in [-0.39, 0.29) is 18.1 Å². The van der Waals surface area contributed by atoms with Crippen LogP contribution in [-0.2, 0) is 4.79 Å². The highest BCUT2D eigenvalue weighted by molar-refractivity contribution is 5.91. The lowest BCUT2D eigenvalue weighted by atomic mass is 10.1. The first-order chi connectivity index (χ1) is 10.0. The maximum Gasteiger partial charge on any atom is 0.246 e. The number of carbonyl (C=O) groups is 1. The van der Waals surface area contributed by atoms with E-state index in [0.29, 0.717) is 25.9 Å². The van der Waals surface area contributed by atoms with Crippen LogP contribution in [0, 0.1) is 0 Å². The van der Waals surface area contributed by atoms with Crippen molar-refractivity contribution in [2.45, 2.75) is 38.9 Å². The maximum atomic E-state index is 12.1. The lowest BCUT2D eigenvalue weighted by Gasteiger charge is -2.28. The van der Waals surface area contributed by atoms with Gasteiger partial charge in [-0.05, 0) is 50.5 Å². The number of benzene rings is 1. The first-order valence-electron chi connectivity index (χ1n) is 7.46. The molecule has 0 bridgehead atoms. The summed E-state index contributed by atoms with van der Waals surface area (Å²) in [5.74, 6) is 0.803. The monoisotopic (exact) mass is 289 g/mol. The average Bonchev–Trinajstić information content (AvgIpc) is 2.45. The van der Waals surface area contributed by atoms with E-state index in [0.717, 1.165) is 11.3 Å². The van der Waals surface area contributed by atoms with E-state index in [9.17, 15) is 9.90 Å². The Morgan fingerprint density at radius 3 is 2.76 bits per heavy atom. The second-order valence-corrected chi connectivity index (χ2v) is 5.63. The lowest BCUT2D eigenvalue weighted by molar-refractivity contribution is -0.127. The number of nitrogens with zero attached hydrogens (tertiary/aromatic N) is 1. The number of carbonyl (C=O) groups excluding carboxylic acids is 1. The van der Waals surface area contributed by atoms with Crippen LogP contribution in [0.15, 0.2) is 30.3 Å². The highest BCUT2D eigenvalue weighted by Gasteiger charge is 2.19. The minimum absolute atomic E-state index is 0.00270. The van der Waals surface area contributed by atoms with E-state index in [2.05, 4.69) is 0 Å². The average molecular weight is 289 g/mol.